The molecule has 0 bridgehead atoms. The number of benzene rings is 1. The largest absolute Gasteiger partial charge is 0.372 e. The maximum Gasteiger partial charge on any atom is 0.319 e. The number of halogens is 1. The van der Waals surface area contributed by atoms with Crippen LogP contribution in [-0.2, 0) is 11.3 Å². The van der Waals surface area contributed by atoms with Gasteiger partial charge in [-0.2, -0.15) is 0 Å². The van der Waals surface area contributed by atoms with Gasteiger partial charge in [-0.05, 0) is 51.8 Å². The molecule has 2 aromatic rings. The molecule has 2 aliphatic heterocycles. The highest BCUT2D eigenvalue weighted by molar-refractivity contribution is 5.89. The predicted octanol–water partition coefficient (Wildman–Crippen LogP) is 3.00. The summed E-state index contributed by atoms with van der Waals surface area (Å²) in [5.41, 5.74) is 0.931. The molecule has 9 heteroatoms. The van der Waals surface area contributed by atoms with Crippen LogP contribution >= 0.6 is 0 Å². The van der Waals surface area contributed by atoms with Crippen molar-refractivity contribution < 1.29 is 13.9 Å². The van der Waals surface area contributed by atoms with Crippen LogP contribution in [0.3, 0.4) is 0 Å². The highest BCUT2D eigenvalue weighted by Crippen LogP contribution is 2.27. The summed E-state index contributed by atoms with van der Waals surface area (Å²) in [5.74, 6) is 1.24. The summed E-state index contributed by atoms with van der Waals surface area (Å²) < 4.78 is 22.5. The van der Waals surface area contributed by atoms with E-state index in [9.17, 15) is 9.18 Å². The number of amides is 2. The van der Waals surface area contributed by atoms with Gasteiger partial charge in [0.2, 0.25) is 0 Å². The number of aryl methyl sites for hydroxylation is 1. The Balaban J connectivity index is 1.41. The third kappa shape index (κ3) is 4.19. The highest BCUT2D eigenvalue weighted by atomic mass is 19.1. The summed E-state index contributed by atoms with van der Waals surface area (Å²) in [5, 5.41) is 13.9. The Morgan fingerprint density at radius 3 is 2.72 bits per heavy atom. The molecule has 1 aromatic carbocycles. The second-order valence-electron chi connectivity index (χ2n) is 7.88. The molecule has 3 heterocycles. The first kappa shape index (κ1) is 19.6. The topological polar surface area (TPSA) is 84.3 Å². The maximum absolute atomic E-state index is 14.7. The van der Waals surface area contributed by atoms with E-state index in [0.717, 1.165) is 31.0 Å². The van der Waals surface area contributed by atoms with Crippen LogP contribution in [0.2, 0.25) is 0 Å². The number of nitrogens with one attached hydrogen (secondary N) is 2. The Morgan fingerprint density at radius 1 is 1.24 bits per heavy atom. The first-order chi connectivity index (χ1) is 13.9. The van der Waals surface area contributed by atoms with E-state index >= 15 is 0 Å². The van der Waals surface area contributed by atoms with Crippen LogP contribution in [0.4, 0.5) is 20.6 Å². The van der Waals surface area contributed by atoms with Crippen LogP contribution in [0.15, 0.2) is 18.2 Å². The molecular formula is C20H27FN6O2. The number of anilines is 2. The number of hydrogen-bond acceptors (Lipinski definition) is 5. The van der Waals surface area contributed by atoms with Gasteiger partial charge in [-0.3, -0.25) is 0 Å². The Morgan fingerprint density at radius 2 is 2.00 bits per heavy atom. The average molecular weight is 402 g/mol. The minimum Gasteiger partial charge on any atom is -0.372 e. The highest BCUT2D eigenvalue weighted by Gasteiger charge is 2.26. The normalized spacial score (nSPS) is 24.1. The Labute approximate surface area is 169 Å². The van der Waals surface area contributed by atoms with Gasteiger partial charge in [-0.1, -0.05) is 0 Å². The molecule has 2 N–H and O–H groups in total. The molecule has 1 fully saturated rings. The van der Waals surface area contributed by atoms with Crippen molar-refractivity contribution in [2.45, 2.75) is 58.4 Å². The predicted molar refractivity (Wildman–Crippen MR) is 108 cm³/mol. The van der Waals surface area contributed by atoms with Crippen LogP contribution in [-0.4, -0.2) is 46.1 Å². The van der Waals surface area contributed by atoms with Crippen molar-refractivity contribution in [3.63, 3.8) is 0 Å². The number of ether oxygens (including phenoxy) is 1. The molecule has 0 aliphatic carbocycles. The van der Waals surface area contributed by atoms with Crippen molar-refractivity contribution in [1.82, 2.24) is 20.1 Å². The van der Waals surface area contributed by atoms with Crippen molar-refractivity contribution >= 4 is 17.4 Å². The molecule has 2 aliphatic rings. The van der Waals surface area contributed by atoms with Gasteiger partial charge in [0, 0.05) is 25.3 Å². The second-order valence-corrected chi connectivity index (χ2v) is 7.88. The molecule has 2 amide bonds. The van der Waals surface area contributed by atoms with Crippen molar-refractivity contribution in [2.75, 3.05) is 23.3 Å². The van der Waals surface area contributed by atoms with Gasteiger partial charge in [-0.15, -0.1) is 10.2 Å². The lowest BCUT2D eigenvalue weighted by molar-refractivity contribution is -0.00539. The first-order valence-corrected chi connectivity index (χ1v) is 10.1. The number of carbonyl (C=O) groups excluding carboxylic acids is 1. The van der Waals surface area contributed by atoms with Crippen molar-refractivity contribution in [3.05, 3.63) is 35.7 Å². The van der Waals surface area contributed by atoms with E-state index in [4.69, 9.17) is 4.74 Å². The van der Waals surface area contributed by atoms with Crippen molar-refractivity contribution in [3.8, 4) is 0 Å². The van der Waals surface area contributed by atoms with E-state index in [0.29, 0.717) is 24.5 Å². The Kier molecular flexibility index (Phi) is 5.40. The van der Waals surface area contributed by atoms with Crippen molar-refractivity contribution in [1.29, 1.82) is 0 Å². The molecular weight excluding hydrogens is 375 g/mol. The van der Waals surface area contributed by atoms with Crippen LogP contribution < -0.4 is 15.5 Å². The molecule has 0 spiro atoms. The third-order valence-corrected chi connectivity index (χ3v) is 5.42. The fourth-order valence-corrected chi connectivity index (χ4v) is 4.19. The molecule has 1 aromatic heterocycles. The Bertz CT molecular complexity index is 891. The van der Waals surface area contributed by atoms with Gasteiger partial charge in [0.15, 0.2) is 5.82 Å². The van der Waals surface area contributed by atoms with Crippen LogP contribution in [0, 0.1) is 12.7 Å². The van der Waals surface area contributed by atoms with Crippen LogP contribution in [0.5, 0.6) is 0 Å². The number of urea groups is 1. The summed E-state index contributed by atoms with van der Waals surface area (Å²) in [6.45, 7) is 7.99. The SMILES string of the molecule is Cc1nnc2n1CCC[C@@H]2NC(=O)Nc1ccc(N2C[C@@H](C)O[C@@H](C)C2)c(F)c1. The van der Waals surface area contributed by atoms with Gasteiger partial charge in [0.05, 0.1) is 23.9 Å². The molecule has 3 atom stereocenters. The lowest BCUT2D eigenvalue weighted by Crippen LogP contribution is -2.45. The fourth-order valence-electron chi connectivity index (χ4n) is 4.19. The Hall–Kier alpha value is -2.68. The monoisotopic (exact) mass is 402 g/mol. The number of aromatic nitrogens is 3. The fraction of sp³-hybridized carbons (Fsp3) is 0.550. The van der Waals surface area contributed by atoms with Crippen LogP contribution in [0.1, 0.15) is 44.4 Å². The summed E-state index contributed by atoms with van der Waals surface area (Å²) in [7, 11) is 0. The third-order valence-electron chi connectivity index (χ3n) is 5.42. The first-order valence-electron chi connectivity index (χ1n) is 10.1. The summed E-state index contributed by atoms with van der Waals surface area (Å²) in [6.07, 6.45) is 1.83. The molecule has 0 saturated carbocycles. The van der Waals surface area contributed by atoms with Crippen molar-refractivity contribution in [2.24, 2.45) is 0 Å². The van der Waals surface area contributed by atoms with Gasteiger partial charge in [-0.25, -0.2) is 9.18 Å². The van der Waals surface area contributed by atoms with Gasteiger partial charge >= 0.3 is 6.03 Å². The van der Waals surface area contributed by atoms with E-state index < -0.39 is 0 Å². The molecule has 156 valence electrons. The molecule has 1 saturated heterocycles. The summed E-state index contributed by atoms with van der Waals surface area (Å²) in [4.78, 5) is 14.4. The lowest BCUT2D eigenvalue weighted by Gasteiger charge is -2.37. The van der Waals surface area contributed by atoms with E-state index in [1.807, 2.05) is 30.2 Å². The van der Waals surface area contributed by atoms with Gasteiger partial charge in [0.1, 0.15) is 11.6 Å². The minimum atomic E-state index is -0.384. The standard InChI is InChI=1S/C20H27FN6O2/c1-12-10-26(11-13(2)29-12)18-7-6-15(9-16(18)21)22-20(28)23-17-5-4-8-27-14(3)24-25-19(17)27/h6-7,9,12-13,17H,4-5,8,10-11H2,1-3H3,(H2,22,23,28)/t12-,13+,17-/m0/s1. The number of fused-ring (bicyclic) bond motifs is 1. The number of nitrogens with zero attached hydrogens (tertiary/aromatic N) is 4. The van der Waals surface area contributed by atoms with E-state index in [1.165, 1.54) is 6.07 Å². The molecule has 4 rings (SSSR count). The van der Waals surface area contributed by atoms with Gasteiger partial charge in [0.25, 0.3) is 0 Å². The van der Waals surface area contributed by atoms with Gasteiger partial charge < -0.3 is 24.8 Å². The molecule has 8 nitrogen and oxygen atoms in total. The van der Waals surface area contributed by atoms with E-state index in [1.54, 1.807) is 12.1 Å². The average Bonchev–Trinajstić information content (AvgIpc) is 3.03. The molecule has 0 unspecified atom stereocenters. The maximum atomic E-state index is 14.7. The number of hydrogen-bond donors (Lipinski definition) is 2. The summed E-state index contributed by atoms with van der Waals surface area (Å²) in [6, 6.07) is 4.19. The van der Waals surface area contributed by atoms with E-state index in [-0.39, 0.29) is 30.1 Å². The zero-order valence-corrected chi connectivity index (χ0v) is 17.0. The number of carbonyl (C=O) groups is 1. The zero-order valence-electron chi connectivity index (χ0n) is 17.0. The smallest absolute Gasteiger partial charge is 0.319 e. The van der Waals surface area contributed by atoms with Crippen LogP contribution in [0.25, 0.3) is 0 Å². The minimum absolute atomic E-state index is 0.0444. The quantitative estimate of drug-likeness (QED) is 0.825. The number of morpholine rings is 1. The number of rotatable bonds is 3. The second kappa shape index (κ2) is 7.98. The molecule has 0 radical (unpaired) electrons. The zero-order chi connectivity index (χ0) is 20.5. The lowest BCUT2D eigenvalue weighted by atomic mass is 10.1. The van der Waals surface area contributed by atoms with E-state index in [2.05, 4.69) is 20.8 Å². The summed E-state index contributed by atoms with van der Waals surface area (Å²) >= 11 is 0. The molecule has 29 heavy (non-hydrogen) atoms.